The Labute approximate surface area is 180 Å². The number of hydrogen-bond donors (Lipinski definition) is 1. The van der Waals surface area contributed by atoms with E-state index in [9.17, 15) is 14.3 Å². The first-order valence-electron chi connectivity index (χ1n) is 9.95. The topological polar surface area (TPSA) is 107 Å². The summed E-state index contributed by atoms with van der Waals surface area (Å²) in [5.41, 5.74) is 2.61. The maximum absolute atomic E-state index is 14.9. The van der Waals surface area contributed by atoms with Crippen molar-refractivity contribution in [2.45, 2.75) is 12.5 Å². The van der Waals surface area contributed by atoms with Gasteiger partial charge in [-0.05, 0) is 24.3 Å². The smallest absolute Gasteiger partial charge is 0.413 e. The molecule has 1 atom stereocenters. The minimum Gasteiger partial charge on any atom is -0.493 e. The van der Waals surface area contributed by atoms with Crippen LogP contribution in [0, 0.1) is 5.82 Å². The number of hydrogen-bond acceptors (Lipinski definition) is 6. The molecule has 11 heteroatoms. The van der Waals surface area contributed by atoms with E-state index in [0.717, 1.165) is 4.90 Å². The van der Waals surface area contributed by atoms with E-state index in [4.69, 9.17) is 9.47 Å². The second kappa shape index (κ2) is 6.67. The molecule has 6 rings (SSSR count). The van der Waals surface area contributed by atoms with Crippen LogP contribution in [0.4, 0.5) is 15.0 Å². The van der Waals surface area contributed by atoms with Crippen molar-refractivity contribution in [3.8, 4) is 22.8 Å². The quantitative estimate of drug-likeness (QED) is 0.489. The summed E-state index contributed by atoms with van der Waals surface area (Å²) < 4.78 is 30.0. The first-order valence-corrected chi connectivity index (χ1v) is 9.95. The fourth-order valence-electron chi connectivity index (χ4n) is 4.41. The second-order valence-electron chi connectivity index (χ2n) is 7.77. The molecule has 0 saturated heterocycles. The average molecular weight is 436 g/mol. The molecule has 162 valence electrons. The lowest BCUT2D eigenvalue weighted by Crippen LogP contribution is -2.31. The number of aromatic nitrogens is 5. The highest BCUT2D eigenvalue weighted by atomic mass is 19.1. The van der Waals surface area contributed by atoms with Crippen LogP contribution in [-0.2, 0) is 13.6 Å². The van der Waals surface area contributed by atoms with Gasteiger partial charge in [-0.15, -0.1) is 10.2 Å². The Morgan fingerprint density at radius 1 is 1.22 bits per heavy atom. The zero-order valence-electron chi connectivity index (χ0n) is 16.9. The molecule has 0 bridgehead atoms. The molecular weight excluding hydrogens is 419 g/mol. The van der Waals surface area contributed by atoms with Gasteiger partial charge in [-0.1, -0.05) is 0 Å². The van der Waals surface area contributed by atoms with Crippen LogP contribution in [-0.4, -0.2) is 48.8 Å². The van der Waals surface area contributed by atoms with E-state index in [2.05, 4.69) is 15.3 Å². The monoisotopic (exact) mass is 436 g/mol. The van der Waals surface area contributed by atoms with Crippen LogP contribution in [0.1, 0.15) is 17.0 Å². The maximum atomic E-state index is 14.9. The summed E-state index contributed by atoms with van der Waals surface area (Å²) in [6, 6.07) is 6.40. The SMILES string of the molecule is Cn1ccc(-c2cc3c(n4cnnc24)N(C(=O)O)Cc2c(F)ccc4c2[C@@H](CO4)CO3)n1. The number of halogens is 1. The van der Waals surface area contributed by atoms with Gasteiger partial charge in [-0.2, -0.15) is 5.10 Å². The van der Waals surface area contributed by atoms with Crippen molar-refractivity contribution in [2.75, 3.05) is 18.1 Å². The van der Waals surface area contributed by atoms with Crippen LogP contribution in [0.5, 0.6) is 11.5 Å². The molecule has 0 fully saturated rings. The number of nitrogens with zero attached hydrogens (tertiary/aromatic N) is 6. The van der Waals surface area contributed by atoms with Gasteiger partial charge in [-0.3, -0.25) is 14.0 Å². The Balaban J connectivity index is 1.61. The molecule has 0 aliphatic carbocycles. The highest BCUT2D eigenvalue weighted by Gasteiger charge is 2.35. The molecule has 0 saturated carbocycles. The van der Waals surface area contributed by atoms with Crippen molar-refractivity contribution >= 4 is 17.6 Å². The minimum absolute atomic E-state index is 0.194. The maximum Gasteiger partial charge on any atom is 0.413 e. The molecule has 2 aliphatic heterocycles. The Hall–Kier alpha value is -4.15. The number of ether oxygens (including phenoxy) is 2. The predicted octanol–water partition coefficient (Wildman–Crippen LogP) is 2.82. The number of fused-ring (bicyclic) bond motifs is 3. The van der Waals surface area contributed by atoms with Gasteiger partial charge in [0, 0.05) is 24.4 Å². The number of aryl methyl sites for hydroxylation is 1. The Morgan fingerprint density at radius 3 is 2.78 bits per heavy atom. The summed E-state index contributed by atoms with van der Waals surface area (Å²) in [5.74, 6) is 0.346. The van der Waals surface area contributed by atoms with Crippen molar-refractivity contribution in [3.63, 3.8) is 0 Å². The van der Waals surface area contributed by atoms with E-state index >= 15 is 0 Å². The highest BCUT2D eigenvalue weighted by Crippen LogP contribution is 2.43. The molecule has 1 amide bonds. The van der Waals surface area contributed by atoms with Gasteiger partial charge in [0.15, 0.2) is 17.2 Å². The number of pyridine rings is 1. The molecule has 0 spiro atoms. The van der Waals surface area contributed by atoms with Crippen LogP contribution >= 0.6 is 0 Å². The first kappa shape index (κ1) is 18.6. The normalized spacial score (nSPS) is 17.1. The molecule has 4 aromatic rings. The van der Waals surface area contributed by atoms with E-state index in [-0.39, 0.29) is 30.5 Å². The molecular formula is C21H17FN6O4. The van der Waals surface area contributed by atoms with Gasteiger partial charge in [0.05, 0.1) is 36.9 Å². The third kappa shape index (κ3) is 2.63. The molecule has 2 aliphatic rings. The Kier molecular flexibility index (Phi) is 3.88. The number of benzene rings is 1. The largest absolute Gasteiger partial charge is 0.493 e. The summed E-state index contributed by atoms with van der Waals surface area (Å²) in [6.07, 6.45) is 1.95. The van der Waals surface area contributed by atoms with Gasteiger partial charge in [0.25, 0.3) is 0 Å². The summed E-state index contributed by atoms with van der Waals surface area (Å²) in [4.78, 5) is 13.4. The molecule has 0 radical (unpaired) electrons. The summed E-state index contributed by atoms with van der Waals surface area (Å²) in [7, 11) is 1.80. The van der Waals surface area contributed by atoms with E-state index in [0.29, 0.717) is 40.6 Å². The molecule has 1 N–H and O–H groups in total. The fourth-order valence-corrected chi connectivity index (χ4v) is 4.41. The standard InChI is InChI=1S/C21H17FN6O4/c1-26-5-4-15(25-26)12-6-17-20(28-10-23-24-19(12)28)27(21(29)30)7-13-14(22)2-3-16-18(13)11(8-31-16)9-32-17/h2-6,10-11H,7-9H2,1H3,(H,29,30)/t11-/m0/s1. The van der Waals surface area contributed by atoms with Crippen LogP contribution in [0.2, 0.25) is 0 Å². The molecule has 5 heterocycles. The number of carboxylic acid groups (broad SMARTS) is 1. The average Bonchev–Trinajstić information content (AvgIpc) is 3.50. The van der Waals surface area contributed by atoms with Crippen molar-refractivity contribution < 1.29 is 23.8 Å². The zero-order chi connectivity index (χ0) is 22.0. The predicted molar refractivity (Wildman–Crippen MR) is 110 cm³/mol. The van der Waals surface area contributed by atoms with Crippen LogP contribution in [0.15, 0.2) is 36.8 Å². The molecule has 3 aromatic heterocycles. The zero-order valence-corrected chi connectivity index (χ0v) is 16.9. The van der Waals surface area contributed by atoms with E-state index in [1.54, 1.807) is 30.1 Å². The van der Waals surface area contributed by atoms with E-state index in [1.807, 2.05) is 6.07 Å². The lowest BCUT2D eigenvalue weighted by atomic mass is 9.95. The van der Waals surface area contributed by atoms with E-state index in [1.165, 1.54) is 16.8 Å². The molecule has 0 unspecified atom stereocenters. The number of rotatable bonds is 1. The van der Waals surface area contributed by atoms with Crippen molar-refractivity contribution in [3.05, 3.63) is 53.7 Å². The summed E-state index contributed by atoms with van der Waals surface area (Å²) >= 11 is 0. The molecule has 1 aromatic carbocycles. The third-order valence-corrected chi connectivity index (χ3v) is 5.85. The van der Waals surface area contributed by atoms with Crippen LogP contribution in [0.25, 0.3) is 16.9 Å². The number of anilines is 1. The van der Waals surface area contributed by atoms with Crippen molar-refractivity contribution in [1.82, 2.24) is 24.4 Å². The third-order valence-electron chi connectivity index (χ3n) is 5.85. The number of amides is 1. The minimum atomic E-state index is -1.26. The molecule has 10 nitrogen and oxygen atoms in total. The Bertz CT molecular complexity index is 1400. The second-order valence-corrected chi connectivity index (χ2v) is 7.77. The van der Waals surface area contributed by atoms with Crippen molar-refractivity contribution in [1.29, 1.82) is 0 Å². The van der Waals surface area contributed by atoms with Gasteiger partial charge >= 0.3 is 6.09 Å². The lowest BCUT2D eigenvalue weighted by molar-refractivity contribution is 0.200. The summed E-state index contributed by atoms with van der Waals surface area (Å²) in [5, 5.41) is 22.7. The number of carbonyl (C=O) groups is 1. The van der Waals surface area contributed by atoms with Gasteiger partial charge in [0.1, 0.15) is 17.9 Å². The Morgan fingerprint density at radius 2 is 2.03 bits per heavy atom. The fraction of sp³-hybridized carbons (Fsp3) is 0.238. The summed E-state index contributed by atoms with van der Waals surface area (Å²) in [6.45, 7) is 0.312. The van der Waals surface area contributed by atoms with Crippen molar-refractivity contribution in [2.24, 2.45) is 7.05 Å². The van der Waals surface area contributed by atoms with Gasteiger partial charge < -0.3 is 14.6 Å². The van der Waals surface area contributed by atoms with E-state index < -0.39 is 11.9 Å². The van der Waals surface area contributed by atoms with Crippen LogP contribution in [0.3, 0.4) is 0 Å². The van der Waals surface area contributed by atoms with Gasteiger partial charge in [-0.25, -0.2) is 9.18 Å². The molecule has 32 heavy (non-hydrogen) atoms. The van der Waals surface area contributed by atoms with Crippen LogP contribution < -0.4 is 14.4 Å². The van der Waals surface area contributed by atoms with Gasteiger partial charge in [0.2, 0.25) is 0 Å². The first-order chi connectivity index (χ1) is 15.5. The highest BCUT2D eigenvalue weighted by molar-refractivity contribution is 5.90. The lowest BCUT2D eigenvalue weighted by Gasteiger charge is -2.23.